The van der Waals surface area contributed by atoms with E-state index in [2.05, 4.69) is 5.32 Å². The monoisotopic (exact) mass is 436 g/mol. The van der Waals surface area contributed by atoms with Crippen molar-refractivity contribution in [3.05, 3.63) is 94.5 Å². The quantitative estimate of drug-likeness (QED) is 0.519. The summed E-state index contributed by atoms with van der Waals surface area (Å²) in [6.07, 6.45) is 0. The van der Waals surface area contributed by atoms with Crippen molar-refractivity contribution >= 4 is 29.1 Å². The standard InChI is InChI=1S/C25H25ClN2O3/c1-3-28(16-24(29)27-23-15-20(26)14-13-18(23)2)25(30)22-12-8-7-9-19(22)17-31-21-10-5-4-6-11-21/h4-15H,3,16-17H2,1-2H3,(H,27,29). The molecule has 0 atom stereocenters. The topological polar surface area (TPSA) is 58.6 Å². The molecule has 0 aliphatic heterocycles. The van der Waals surface area contributed by atoms with Crippen LogP contribution in [-0.4, -0.2) is 29.8 Å². The second kappa shape index (κ2) is 10.6. The van der Waals surface area contributed by atoms with Crippen LogP contribution >= 0.6 is 11.6 Å². The second-order valence-corrected chi connectivity index (χ2v) is 7.52. The number of rotatable bonds is 8. The van der Waals surface area contributed by atoms with Crippen LogP contribution in [0.1, 0.15) is 28.4 Å². The summed E-state index contributed by atoms with van der Waals surface area (Å²) in [6, 6.07) is 22.0. The minimum Gasteiger partial charge on any atom is -0.489 e. The smallest absolute Gasteiger partial charge is 0.254 e. The molecular weight excluding hydrogens is 412 g/mol. The van der Waals surface area contributed by atoms with E-state index in [-0.39, 0.29) is 25.0 Å². The average Bonchev–Trinajstić information content (AvgIpc) is 2.79. The molecule has 0 radical (unpaired) electrons. The van der Waals surface area contributed by atoms with Gasteiger partial charge in [-0.15, -0.1) is 0 Å². The van der Waals surface area contributed by atoms with Crippen LogP contribution < -0.4 is 10.1 Å². The van der Waals surface area contributed by atoms with Gasteiger partial charge in [-0.1, -0.05) is 54.1 Å². The summed E-state index contributed by atoms with van der Waals surface area (Å²) in [4.78, 5) is 27.3. The first-order valence-electron chi connectivity index (χ1n) is 10.1. The van der Waals surface area contributed by atoms with Crippen molar-refractivity contribution in [1.82, 2.24) is 4.90 Å². The lowest BCUT2D eigenvalue weighted by Gasteiger charge is -2.22. The highest BCUT2D eigenvalue weighted by atomic mass is 35.5. The zero-order chi connectivity index (χ0) is 22.2. The molecule has 0 saturated carbocycles. The van der Waals surface area contributed by atoms with E-state index >= 15 is 0 Å². The van der Waals surface area contributed by atoms with Crippen LogP contribution in [0.4, 0.5) is 5.69 Å². The fourth-order valence-electron chi connectivity index (χ4n) is 3.12. The maximum atomic E-state index is 13.2. The third-order valence-electron chi connectivity index (χ3n) is 4.86. The summed E-state index contributed by atoms with van der Waals surface area (Å²) in [5.74, 6) is 0.236. The molecule has 0 aromatic heterocycles. The number of nitrogens with one attached hydrogen (secondary N) is 1. The lowest BCUT2D eigenvalue weighted by Crippen LogP contribution is -2.38. The number of ether oxygens (including phenoxy) is 1. The molecule has 31 heavy (non-hydrogen) atoms. The lowest BCUT2D eigenvalue weighted by atomic mass is 10.1. The van der Waals surface area contributed by atoms with Crippen LogP contribution in [-0.2, 0) is 11.4 Å². The molecule has 0 spiro atoms. The highest BCUT2D eigenvalue weighted by Crippen LogP contribution is 2.20. The summed E-state index contributed by atoms with van der Waals surface area (Å²) in [5.41, 5.74) is 2.82. The summed E-state index contributed by atoms with van der Waals surface area (Å²) >= 11 is 6.03. The summed E-state index contributed by atoms with van der Waals surface area (Å²) in [7, 11) is 0. The van der Waals surface area contributed by atoms with E-state index < -0.39 is 0 Å². The molecule has 5 nitrogen and oxygen atoms in total. The molecule has 2 amide bonds. The highest BCUT2D eigenvalue weighted by Gasteiger charge is 2.20. The maximum Gasteiger partial charge on any atom is 0.254 e. The highest BCUT2D eigenvalue weighted by molar-refractivity contribution is 6.31. The van der Waals surface area contributed by atoms with Crippen molar-refractivity contribution in [2.45, 2.75) is 20.5 Å². The van der Waals surface area contributed by atoms with Gasteiger partial charge in [0, 0.05) is 28.4 Å². The first-order valence-corrected chi connectivity index (χ1v) is 10.5. The Balaban J connectivity index is 1.70. The largest absolute Gasteiger partial charge is 0.489 e. The first-order chi connectivity index (χ1) is 15.0. The number of para-hydroxylation sites is 1. The number of hydrogen-bond donors (Lipinski definition) is 1. The Morgan fingerprint density at radius 3 is 2.45 bits per heavy atom. The molecule has 1 N–H and O–H groups in total. The lowest BCUT2D eigenvalue weighted by molar-refractivity contribution is -0.116. The summed E-state index contributed by atoms with van der Waals surface area (Å²) < 4.78 is 5.82. The number of anilines is 1. The molecule has 0 heterocycles. The molecule has 3 aromatic rings. The number of benzene rings is 3. The number of halogens is 1. The molecule has 3 rings (SSSR count). The predicted octanol–water partition coefficient (Wildman–Crippen LogP) is 5.33. The van der Waals surface area contributed by atoms with E-state index in [1.807, 2.05) is 68.4 Å². The van der Waals surface area contributed by atoms with Gasteiger partial charge < -0.3 is 15.0 Å². The van der Waals surface area contributed by atoms with Gasteiger partial charge in [0.05, 0.1) is 0 Å². The molecule has 3 aromatic carbocycles. The average molecular weight is 437 g/mol. The number of nitrogens with zero attached hydrogens (tertiary/aromatic N) is 1. The van der Waals surface area contributed by atoms with Gasteiger partial charge in [0.15, 0.2) is 0 Å². The number of likely N-dealkylation sites (N-methyl/N-ethyl adjacent to an activating group) is 1. The summed E-state index contributed by atoms with van der Waals surface area (Å²) in [6.45, 7) is 4.33. The van der Waals surface area contributed by atoms with E-state index in [9.17, 15) is 9.59 Å². The number of carbonyl (C=O) groups excluding carboxylic acids is 2. The summed E-state index contributed by atoms with van der Waals surface area (Å²) in [5, 5.41) is 3.38. The Kier molecular flexibility index (Phi) is 7.68. The third-order valence-corrected chi connectivity index (χ3v) is 5.10. The molecule has 0 fully saturated rings. The van der Waals surface area contributed by atoms with Gasteiger partial charge in [0.25, 0.3) is 5.91 Å². The molecule has 6 heteroatoms. The Morgan fingerprint density at radius 2 is 1.71 bits per heavy atom. The van der Waals surface area contributed by atoms with E-state index in [0.29, 0.717) is 22.8 Å². The Morgan fingerprint density at radius 1 is 1.00 bits per heavy atom. The second-order valence-electron chi connectivity index (χ2n) is 7.09. The maximum absolute atomic E-state index is 13.2. The van der Waals surface area contributed by atoms with Crippen molar-refractivity contribution in [3.8, 4) is 5.75 Å². The molecular formula is C25H25ClN2O3. The van der Waals surface area contributed by atoms with Crippen LogP contribution in [0.15, 0.2) is 72.8 Å². The number of carbonyl (C=O) groups is 2. The minimum atomic E-state index is -0.279. The Labute approximate surface area is 187 Å². The van der Waals surface area contributed by atoms with Crippen LogP contribution in [0.5, 0.6) is 5.75 Å². The van der Waals surface area contributed by atoms with Gasteiger partial charge in [0.2, 0.25) is 5.91 Å². The third kappa shape index (κ3) is 6.09. The van der Waals surface area contributed by atoms with Crippen LogP contribution in [0.2, 0.25) is 5.02 Å². The number of amides is 2. The normalized spacial score (nSPS) is 10.4. The van der Waals surface area contributed by atoms with Gasteiger partial charge in [-0.2, -0.15) is 0 Å². The van der Waals surface area contributed by atoms with Gasteiger partial charge in [0.1, 0.15) is 18.9 Å². The van der Waals surface area contributed by atoms with E-state index in [0.717, 1.165) is 16.9 Å². The first kappa shape index (κ1) is 22.4. The van der Waals surface area contributed by atoms with Gasteiger partial charge in [-0.25, -0.2) is 0 Å². The molecule has 0 bridgehead atoms. The van der Waals surface area contributed by atoms with E-state index in [1.165, 1.54) is 4.90 Å². The van der Waals surface area contributed by atoms with Gasteiger partial charge in [-0.3, -0.25) is 9.59 Å². The molecule has 0 unspecified atom stereocenters. The SMILES string of the molecule is CCN(CC(=O)Nc1cc(Cl)ccc1C)C(=O)c1ccccc1COc1ccccc1. The molecule has 0 saturated heterocycles. The van der Waals surface area contributed by atoms with Gasteiger partial charge in [-0.05, 0) is 49.7 Å². The van der Waals surface area contributed by atoms with Crippen LogP contribution in [0, 0.1) is 6.92 Å². The minimum absolute atomic E-state index is 0.0604. The van der Waals surface area contributed by atoms with Crippen LogP contribution in [0.3, 0.4) is 0 Å². The predicted molar refractivity (Wildman–Crippen MR) is 124 cm³/mol. The van der Waals surface area contributed by atoms with Crippen molar-refractivity contribution < 1.29 is 14.3 Å². The fraction of sp³-hybridized carbons (Fsp3) is 0.200. The molecule has 160 valence electrons. The van der Waals surface area contributed by atoms with Crippen LogP contribution in [0.25, 0.3) is 0 Å². The zero-order valence-corrected chi connectivity index (χ0v) is 18.4. The Hall–Kier alpha value is -3.31. The Bertz CT molecular complexity index is 1050. The van der Waals surface area contributed by atoms with Crippen molar-refractivity contribution in [3.63, 3.8) is 0 Å². The fourth-order valence-corrected chi connectivity index (χ4v) is 3.29. The van der Waals surface area contributed by atoms with E-state index in [1.54, 1.807) is 18.2 Å². The molecule has 0 aliphatic carbocycles. The van der Waals surface area contributed by atoms with Crippen molar-refractivity contribution in [2.75, 3.05) is 18.4 Å². The van der Waals surface area contributed by atoms with Crippen molar-refractivity contribution in [2.24, 2.45) is 0 Å². The number of aryl methyl sites for hydroxylation is 1. The van der Waals surface area contributed by atoms with Gasteiger partial charge >= 0.3 is 0 Å². The molecule has 0 aliphatic rings. The van der Waals surface area contributed by atoms with Crippen molar-refractivity contribution in [1.29, 1.82) is 0 Å². The number of hydrogen-bond acceptors (Lipinski definition) is 3. The zero-order valence-electron chi connectivity index (χ0n) is 17.6. The van der Waals surface area contributed by atoms with E-state index in [4.69, 9.17) is 16.3 Å².